The molecule has 2 aromatic heterocycles. The topological polar surface area (TPSA) is 85.3 Å². The molecule has 8 heteroatoms. The first-order valence-electron chi connectivity index (χ1n) is 9.93. The summed E-state index contributed by atoms with van der Waals surface area (Å²) < 4.78 is 7.14. The zero-order valence-electron chi connectivity index (χ0n) is 17.4. The molecule has 0 saturated heterocycles. The standard InChI is InChI=1S/C24H21N5O2S/c1-18-11-13-20(14-12-18)29-23(19-7-3-2-4-8-19)27-28-24(29)32-17-22(30)26-25-15-5-9-21-10-6-16-31-21/h2-16H,17H2,1H3,(H,26,30)/b9-5-,25-15+. The molecule has 2 aromatic carbocycles. The van der Waals surface area contributed by atoms with E-state index in [-0.39, 0.29) is 11.7 Å². The van der Waals surface area contributed by atoms with E-state index in [9.17, 15) is 4.79 Å². The first-order chi connectivity index (χ1) is 15.7. The van der Waals surface area contributed by atoms with Gasteiger partial charge in [-0.3, -0.25) is 9.36 Å². The maximum atomic E-state index is 12.2. The van der Waals surface area contributed by atoms with Crippen molar-refractivity contribution in [3.8, 4) is 17.1 Å². The number of thioether (sulfide) groups is 1. The zero-order valence-corrected chi connectivity index (χ0v) is 18.2. The van der Waals surface area contributed by atoms with Gasteiger partial charge in [0.2, 0.25) is 0 Å². The molecule has 2 heterocycles. The van der Waals surface area contributed by atoms with E-state index in [0.29, 0.717) is 10.9 Å². The predicted molar refractivity (Wildman–Crippen MR) is 127 cm³/mol. The van der Waals surface area contributed by atoms with Gasteiger partial charge in [-0.05, 0) is 43.3 Å². The van der Waals surface area contributed by atoms with Gasteiger partial charge in [0.05, 0.1) is 12.0 Å². The molecule has 0 aliphatic carbocycles. The van der Waals surface area contributed by atoms with Crippen LogP contribution in [0.25, 0.3) is 23.2 Å². The SMILES string of the molecule is Cc1ccc(-n2c(SCC(=O)N/N=C/C=C\c3ccco3)nnc2-c2ccccc2)cc1. The van der Waals surface area contributed by atoms with E-state index < -0.39 is 0 Å². The molecular formula is C24H21N5O2S. The molecule has 4 rings (SSSR count). The zero-order chi connectivity index (χ0) is 22.2. The number of aromatic nitrogens is 3. The smallest absolute Gasteiger partial charge is 0.250 e. The lowest BCUT2D eigenvalue weighted by Gasteiger charge is -2.10. The molecule has 1 N–H and O–H groups in total. The number of nitrogens with one attached hydrogen (secondary N) is 1. The molecular weight excluding hydrogens is 422 g/mol. The Kier molecular flexibility index (Phi) is 6.94. The van der Waals surface area contributed by atoms with Crippen molar-refractivity contribution in [2.45, 2.75) is 12.1 Å². The van der Waals surface area contributed by atoms with Crippen molar-refractivity contribution in [3.63, 3.8) is 0 Å². The Morgan fingerprint density at radius 2 is 1.91 bits per heavy atom. The van der Waals surface area contributed by atoms with Crippen LogP contribution in [0.15, 0.2) is 93.7 Å². The number of allylic oxidation sites excluding steroid dienone is 1. The molecule has 160 valence electrons. The van der Waals surface area contributed by atoms with Crippen LogP contribution in [0.1, 0.15) is 11.3 Å². The van der Waals surface area contributed by atoms with Gasteiger partial charge in [-0.2, -0.15) is 5.10 Å². The van der Waals surface area contributed by atoms with Crippen molar-refractivity contribution in [1.29, 1.82) is 0 Å². The lowest BCUT2D eigenvalue weighted by atomic mass is 10.2. The van der Waals surface area contributed by atoms with Crippen molar-refractivity contribution in [2.75, 3.05) is 5.75 Å². The Labute approximate surface area is 189 Å². The largest absolute Gasteiger partial charge is 0.465 e. The van der Waals surface area contributed by atoms with Gasteiger partial charge in [0.25, 0.3) is 5.91 Å². The van der Waals surface area contributed by atoms with Crippen LogP contribution in [-0.4, -0.2) is 32.6 Å². The Morgan fingerprint density at radius 3 is 2.66 bits per heavy atom. The second-order valence-corrected chi connectivity index (χ2v) is 7.76. The second kappa shape index (κ2) is 10.4. The number of benzene rings is 2. The number of amides is 1. The van der Waals surface area contributed by atoms with Gasteiger partial charge >= 0.3 is 0 Å². The van der Waals surface area contributed by atoms with E-state index in [0.717, 1.165) is 22.6 Å². The van der Waals surface area contributed by atoms with Gasteiger partial charge in [-0.15, -0.1) is 10.2 Å². The minimum Gasteiger partial charge on any atom is -0.465 e. The van der Waals surface area contributed by atoms with Crippen LogP contribution in [0.4, 0.5) is 0 Å². The molecule has 0 aliphatic rings. The quantitative estimate of drug-likeness (QED) is 0.241. The van der Waals surface area contributed by atoms with E-state index in [2.05, 4.69) is 20.7 Å². The van der Waals surface area contributed by atoms with Crippen molar-refractivity contribution < 1.29 is 9.21 Å². The van der Waals surface area contributed by atoms with E-state index in [1.807, 2.05) is 72.2 Å². The Bertz CT molecular complexity index is 1210. The fraction of sp³-hybridized carbons (Fsp3) is 0.0833. The van der Waals surface area contributed by atoms with Crippen LogP contribution < -0.4 is 5.43 Å². The van der Waals surface area contributed by atoms with Crippen molar-refractivity contribution in [2.24, 2.45) is 5.10 Å². The van der Waals surface area contributed by atoms with Crippen LogP contribution >= 0.6 is 11.8 Å². The summed E-state index contributed by atoms with van der Waals surface area (Å²) in [5.41, 5.74) is 5.55. The Morgan fingerprint density at radius 1 is 1.09 bits per heavy atom. The van der Waals surface area contributed by atoms with E-state index in [4.69, 9.17) is 4.42 Å². The number of aryl methyl sites for hydroxylation is 1. The average Bonchev–Trinajstić information content (AvgIpc) is 3.49. The van der Waals surface area contributed by atoms with Gasteiger partial charge in [0, 0.05) is 17.5 Å². The fourth-order valence-corrected chi connectivity index (χ4v) is 3.65. The molecule has 0 saturated carbocycles. The highest BCUT2D eigenvalue weighted by atomic mass is 32.2. The van der Waals surface area contributed by atoms with Crippen LogP contribution in [-0.2, 0) is 4.79 Å². The van der Waals surface area contributed by atoms with E-state index in [1.165, 1.54) is 18.0 Å². The van der Waals surface area contributed by atoms with Crippen LogP contribution in [0.3, 0.4) is 0 Å². The van der Waals surface area contributed by atoms with Gasteiger partial charge in [0.1, 0.15) is 5.76 Å². The third kappa shape index (κ3) is 5.41. The van der Waals surface area contributed by atoms with Gasteiger partial charge < -0.3 is 4.42 Å². The third-order valence-electron chi connectivity index (χ3n) is 4.44. The molecule has 4 aromatic rings. The lowest BCUT2D eigenvalue weighted by Crippen LogP contribution is -2.19. The summed E-state index contributed by atoms with van der Waals surface area (Å²) in [5, 5.41) is 13.3. The number of hydrazone groups is 1. The van der Waals surface area contributed by atoms with Gasteiger partial charge in [-0.25, -0.2) is 5.43 Å². The number of nitrogens with zero attached hydrogens (tertiary/aromatic N) is 4. The van der Waals surface area contributed by atoms with Crippen molar-refractivity contribution >= 4 is 30.0 Å². The highest BCUT2D eigenvalue weighted by molar-refractivity contribution is 7.99. The molecule has 7 nitrogen and oxygen atoms in total. The molecule has 0 unspecified atom stereocenters. The first kappa shape index (κ1) is 21.3. The molecule has 0 fully saturated rings. The van der Waals surface area contributed by atoms with Crippen LogP contribution in [0, 0.1) is 6.92 Å². The number of carbonyl (C=O) groups is 1. The predicted octanol–water partition coefficient (Wildman–Crippen LogP) is 4.74. The molecule has 1 amide bonds. The lowest BCUT2D eigenvalue weighted by molar-refractivity contribution is -0.118. The summed E-state index contributed by atoms with van der Waals surface area (Å²) >= 11 is 1.30. The summed E-state index contributed by atoms with van der Waals surface area (Å²) in [4.78, 5) is 12.2. The third-order valence-corrected chi connectivity index (χ3v) is 5.37. The van der Waals surface area contributed by atoms with Crippen LogP contribution in [0.2, 0.25) is 0 Å². The first-order valence-corrected chi connectivity index (χ1v) is 10.9. The number of carbonyl (C=O) groups excluding carboxylic acids is 1. The van der Waals surface area contributed by atoms with Gasteiger partial charge in [-0.1, -0.05) is 59.8 Å². The average molecular weight is 444 g/mol. The highest BCUT2D eigenvalue weighted by Gasteiger charge is 2.17. The maximum Gasteiger partial charge on any atom is 0.250 e. The number of furan rings is 1. The molecule has 0 spiro atoms. The minimum absolute atomic E-state index is 0.151. The summed E-state index contributed by atoms with van der Waals surface area (Å²) in [6.07, 6.45) is 6.52. The molecule has 0 aliphatic heterocycles. The fourth-order valence-electron chi connectivity index (χ4n) is 2.90. The highest BCUT2D eigenvalue weighted by Crippen LogP contribution is 2.28. The van der Waals surface area contributed by atoms with Crippen LogP contribution in [0.5, 0.6) is 0 Å². The summed E-state index contributed by atoms with van der Waals surface area (Å²) in [7, 11) is 0. The number of hydrogen-bond acceptors (Lipinski definition) is 6. The number of hydrogen-bond donors (Lipinski definition) is 1. The van der Waals surface area contributed by atoms with E-state index >= 15 is 0 Å². The summed E-state index contributed by atoms with van der Waals surface area (Å²) in [5.74, 6) is 1.34. The Balaban J connectivity index is 1.45. The molecule has 0 atom stereocenters. The van der Waals surface area contributed by atoms with Gasteiger partial charge in [0.15, 0.2) is 11.0 Å². The Hall–Kier alpha value is -3.91. The van der Waals surface area contributed by atoms with E-state index in [1.54, 1.807) is 24.5 Å². The second-order valence-electron chi connectivity index (χ2n) is 6.82. The minimum atomic E-state index is -0.239. The summed E-state index contributed by atoms with van der Waals surface area (Å²) in [6, 6.07) is 21.6. The molecule has 32 heavy (non-hydrogen) atoms. The van der Waals surface area contributed by atoms with Crippen molar-refractivity contribution in [1.82, 2.24) is 20.2 Å². The molecule has 0 radical (unpaired) electrons. The number of rotatable bonds is 8. The van der Waals surface area contributed by atoms with Crippen molar-refractivity contribution in [3.05, 3.63) is 90.4 Å². The summed E-state index contributed by atoms with van der Waals surface area (Å²) in [6.45, 7) is 2.04. The maximum absolute atomic E-state index is 12.2. The normalized spacial score (nSPS) is 11.4. The molecule has 0 bridgehead atoms. The monoisotopic (exact) mass is 443 g/mol.